The molecular formula is C10H19NO6. The number of rotatable bonds is 4. The average molecular weight is 249 g/mol. The highest BCUT2D eigenvalue weighted by atomic mass is 16.7. The summed E-state index contributed by atoms with van der Waals surface area (Å²) in [7, 11) is 1.15. The molecule has 0 aliphatic carbocycles. The summed E-state index contributed by atoms with van der Waals surface area (Å²) in [5.74, 6) is -2.89. The standard InChI is InChI=1S/C10H19NO6/c1-16-9(14)10(15)3-2-7(11)8(17-10)4-6(13)5-12/h6-8,12-13,15H,2-5,11H2,1H3/t6-,7+,8-,10?/m0/s1. The number of nitrogens with two attached hydrogens (primary N) is 1. The maximum atomic E-state index is 11.3. The first-order chi connectivity index (χ1) is 7.92. The van der Waals surface area contributed by atoms with Crippen LogP contribution in [0.2, 0.25) is 0 Å². The lowest BCUT2D eigenvalue weighted by atomic mass is 9.93. The first-order valence-corrected chi connectivity index (χ1v) is 5.46. The largest absolute Gasteiger partial charge is 0.465 e. The number of carbonyl (C=O) groups is 1. The molecule has 1 aliphatic rings. The third-order valence-corrected chi connectivity index (χ3v) is 2.86. The highest BCUT2D eigenvalue weighted by molar-refractivity contribution is 5.77. The van der Waals surface area contributed by atoms with Crippen LogP contribution in [-0.4, -0.2) is 59.0 Å². The highest BCUT2D eigenvalue weighted by Gasteiger charge is 2.46. The van der Waals surface area contributed by atoms with E-state index in [1.54, 1.807) is 0 Å². The van der Waals surface area contributed by atoms with E-state index >= 15 is 0 Å². The van der Waals surface area contributed by atoms with Crippen LogP contribution < -0.4 is 5.73 Å². The van der Waals surface area contributed by atoms with Crippen LogP contribution in [0, 0.1) is 0 Å². The van der Waals surface area contributed by atoms with Crippen LogP contribution in [0.1, 0.15) is 19.3 Å². The van der Waals surface area contributed by atoms with Gasteiger partial charge in [-0.15, -0.1) is 0 Å². The molecule has 0 aromatic carbocycles. The smallest absolute Gasteiger partial charge is 0.366 e. The highest BCUT2D eigenvalue weighted by Crippen LogP contribution is 2.29. The molecule has 0 amide bonds. The number of carbonyl (C=O) groups excluding carboxylic acids is 1. The average Bonchev–Trinajstić information content (AvgIpc) is 2.32. The first kappa shape index (κ1) is 14.3. The number of aliphatic hydroxyl groups excluding tert-OH is 2. The fraction of sp³-hybridized carbons (Fsp3) is 0.900. The zero-order chi connectivity index (χ0) is 13.1. The molecule has 1 fully saturated rings. The first-order valence-electron chi connectivity index (χ1n) is 5.46. The molecule has 0 saturated carbocycles. The Morgan fingerprint density at radius 1 is 1.71 bits per heavy atom. The Hall–Kier alpha value is -0.730. The van der Waals surface area contributed by atoms with Crippen molar-refractivity contribution in [3.8, 4) is 0 Å². The lowest BCUT2D eigenvalue weighted by Gasteiger charge is -2.39. The number of aliphatic hydroxyl groups is 3. The van der Waals surface area contributed by atoms with Crippen LogP contribution >= 0.6 is 0 Å². The van der Waals surface area contributed by atoms with E-state index in [2.05, 4.69) is 4.74 Å². The summed E-state index contributed by atoms with van der Waals surface area (Å²) >= 11 is 0. The summed E-state index contributed by atoms with van der Waals surface area (Å²) in [5, 5.41) is 28.0. The Kier molecular flexibility index (Phi) is 4.84. The van der Waals surface area contributed by atoms with Gasteiger partial charge < -0.3 is 30.5 Å². The second-order valence-corrected chi connectivity index (χ2v) is 4.21. The fourth-order valence-corrected chi connectivity index (χ4v) is 1.82. The zero-order valence-corrected chi connectivity index (χ0v) is 9.70. The maximum Gasteiger partial charge on any atom is 0.366 e. The van der Waals surface area contributed by atoms with Crippen molar-refractivity contribution < 1.29 is 29.6 Å². The quantitative estimate of drug-likeness (QED) is 0.429. The summed E-state index contributed by atoms with van der Waals surface area (Å²) in [6.07, 6.45) is -1.22. The number of hydrogen-bond donors (Lipinski definition) is 4. The number of methoxy groups -OCH3 is 1. The summed E-state index contributed by atoms with van der Waals surface area (Å²) in [6, 6.07) is -0.402. The minimum atomic E-state index is -2.01. The molecule has 0 radical (unpaired) electrons. The Labute approximate surface area is 99.1 Å². The number of ether oxygens (including phenoxy) is 2. The van der Waals surface area contributed by atoms with Gasteiger partial charge in [0.25, 0.3) is 5.79 Å². The van der Waals surface area contributed by atoms with Crippen molar-refractivity contribution in [3.05, 3.63) is 0 Å². The molecule has 1 saturated heterocycles. The molecule has 7 heteroatoms. The minimum Gasteiger partial charge on any atom is -0.465 e. The second kappa shape index (κ2) is 5.74. The van der Waals surface area contributed by atoms with Gasteiger partial charge in [-0.25, -0.2) is 4.79 Å². The Balaban J connectivity index is 2.67. The topological polar surface area (TPSA) is 122 Å². The molecule has 7 nitrogen and oxygen atoms in total. The SMILES string of the molecule is COC(=O)C1(O)CC[C@@H](N)[C@H](C[C@H](O)CO)O1. The predicted molar refractivity (Wildman–Crippen MR) is 56.8 cm³/mol. The molecular weight excluding hydrogens is 230 g/mol. The summed E-state index contributed by atoms with van der Waals surface area (Å²) in [4.78, 5) is 11.3. The number of hydrogen-bond acceptors (Lipinski definition) is 7. The molecule has 1 heterocycles. The Morgan fingerprint density at radius 2 is 2.35 bits per heavy atom. The third kappa shape index (κ3) is 3.36. The van der Waals surface area contributed by atoms with E-state index < -0.39 is 36.6 Å². The fourth-order valence-electron chi connectivity index (χ4n) is 1.82. The molecule has 1 unspecified atom stereocenters. The molecule has 5 N–H and O–H groups in total. The molecule has 1 aliphatic heterocycles. The van der Waals surface area contributed by atoms with Crippen LogP contribution in [-0.2, 0) is 14.3 Å². The molecule has 17 heavy (non-hydrogen) atoms. The molecule has 4 atom stereocenters. The van der Waals surface area contributed by atoms with Gasteiger partial charge in [-0.3, -0.25) is 0 Å². The monoisotopic (exact) mass is 249 g/mol. The van der Waals surface area contributed by atoms with Crippen LogP contribution in [0.4, 0.5) is 0 Å². The summed E-state index contributed by atoms with van der Waals surface area (Å²) < 4.78 is 9.64. The molecule has 0 aromatic heterocycles. The van der Waals surface area contributed by atoms with Crippen LogP contribution in [0.15, 0.2) is 0 Å². The van der Waals surface area contributed by atoms with Gasteiger partial charge in [0, 0.05) is 18.9 Å². The van der Waals surface area contributed by atoms with Crippen molar-refractivity contribution in [2.75, 3.05) is 13.7 Å². The lowest BCUT2D eigenvalue weighted by molar-refractivity contribution is -0.264. The van der Waals surface area contributed by atoms with Crippen LogP contribution in [0.3, 0.4) is 0 Å². The summed E-state index contributed by atoms with van der Waals surface area (Å²) in [5.41, 5.74) is 5.76. The zero-order valence-electron chi connectivity index (χ0n) is 9.70. The predicted octanol–water partition coefficient (Wildman–Crippen LogP) is -1.90. The Morgan fingerprint density at radius 3 is 2.88 bits per heavy atom. The second-order valence-electron chi connectivity index (χ2n) is 4.21. The molecule has 0 aromatic rings. The van der Waals surface area contributed by atoms with Crippen molar-refractivity contribution in [1.29, 1.82) is 0 Å². The summed E-state index contributed by atoms with van der Waals surface area (Å²) in [6.45, 7) is -0.427. The van der Waals surface area contributed by atoms with E-state index in [9.17, 15) is 15.0 Å². The lowest BCUT2D eigenvalue weighted by Crippen LogP contribution is -2.55. The van der Waals surface area contributed by atoms with E-state index in [0.29, 0.717) is 6.42 Å². The van der Waals surface area contributed by atoms with Crippen molar-refractivity contribution in [1.82, 2.24) is 0 Å². The molecule has 0 spiro atoms. The van der Waals surface area contributed by atoms with Crippen molar-refractivity contribution in [2.45, 2.75) is 43.3 Å². The van der Waals surface area contributed by atoms with Gasteiger partial charge in [-0.05, 0) is 6.42 Å². The van der Waals surface area contributed by atoms with E-state index in [-0.39, 0.29) is 12.8 Å². The molecule has 0 bridgehead atoms. The van der Waals surface area contributed by atoms with Gasteiger partial charge in [0.2, 0.25) is 0 Å². The van der Waals surface area contributed by atoms with Crippen molar-refractivity contribution in [3.63, 3.8) is 0 Å². The molecule has 1 rings (SSSR count). The van der Waals surface area contributed by atoms with Gasteiger partial charge in [0.05, 0.1) is 25.9 Å². The van der Waals surface area contributed by atoms with Crippen molar-refractivity contribution in [2.24, 2.45) is 5.73 Å². The van der Waals surface area contributed by atoms with E-state index in [0.717, 1.165) is 7.11 Å². The number of esters is 1. The minimum absolute atomic E-state index is 0.0482. The Bertz CT molecular complexity index is 274. The van der Waals surface area contributed by atoms with Gasteiger partial charge >= 0.3 is 5.97 Å². The van der Waals surface area contributed by atoms with Crippen LogP contribution in [0.25, 0.3) is 0 Å². The van der Waals surface area contributed by atoms with Gasteiger partial charge in [-0.2, -0.15) is 0 Å². The van der Waals surface area contributed by atoms with E-state index in [1.807, 2.05) is 0 Å². The maximum absolute atomic E-state index is 11.3. The van der Waals surface area contributed by atoms with Crippen molar-refractivity contribution >= 4 is 5.97 Å². The van der Waals surface area contributed by atoms with Gasteiger partial charge in [-0.1, -0.05) is 0 Å². The van der Waals surface area contributed by atoms with E-state index in [4.69, 9.17) is 15.6 Å². The van der Waals surface area contributed by atoms with Gasteiger partial charge in [0.15, 0.2) is 0 Å². The van der Waals surface area contributed by atoms with Gasteiger partial charge in [0.1, 0.15) is 0 Å². The van der Waals surface area contributed by atoms with Crippen LogP contribution in [0.5, 0.6) is 0 Å². The molecule has 100 valence electrons. The normalized spacial score (nSPS) is 35.4. The van der Waals surface area contributed by atoms with E-state index in [1.165, 1.54) is 0 Å². The third-order valence-electron chi connectivity index (χ3n) is 2.86.